The highest BCUT2D eigenvalue weighted by molar-refractivity contribution is 7.12. The predicted molar refractivity (Wildman–Crippen MR) is 118 cm³/mol. The monoisotopic (exact) mass is 424 g/mol. The number of nitrogens with one attached hydrogen (secondary N) is 2. The van der Waals surface area contributed by atoms with Crippen LogP contribution in [0.4, 0.5) is 0 Å². The topological polar surface area (TPSA) is 67.4 Å². The van der Waals surface area contributed by atoms with Crippen molar-refractivity contribution in [3.63, 3.8) is 0 Å². The molecule has 2 saturated heterocycles. The average molecular weight is 425 g/mol. The summed E-state index contributed by atoms with van der Waals surface area (Å²) in [5.74, 6) is 0.850. The van der Waals surface area contributed by atoms with Crippen LogP contribution in [0.2, 0.25) is 0 Å². The SMILES string of the molecule is CN=C(NCCCOC1CCOCC1)NCC(c1ccc(C)s1)N1CCOCC1. The summed E-state index contributed by atoms with van der Waals surface area (Å²) in [4.78, 5) is 9.65. The van der Waals surface area contributed by atoms with E-state index in [2.05, 4.69) is 39.6 Å². The maximum absolute atomic E-state index is 5.94. The van der Waals surface area contributed by atoms with Gasteiger partial charge in [-0.1, -0.05) is 0 Å². The second-order valence-electron chi connectivity index (χ2n) is 7.53. The molecule has 1 atom stereocenters. The van der Waals surface area contributed by atoms with Crippen LogP contribution in [0.1, 0.15) is 35.1 Å². The van der Waals surface area contributed by atoms with Crippen LogP contribution in [-0.2, 0) is 14.2 Å². The van der Waals surface area contributed by atoms with Gasteiger partial charge in [-0.05, 0) is 38.3 Å². The second-order valence-corrected chi connectivity index (χ2v) is 8.85. The highest BCUT2D eigenvalue weighted by atomic mass is 32.1. The molecular formula is C21H36N4O3S. The first-order valence-electron chi connectivity index (χ1n) is 10.8. The highest BCUT2D eigenvalue weighted by Crippen LogP contribution is 2.27. The molecule has 3 rings (SSSR count). The Hall–Kier alpha value is -1.19. The molecule has 0 aliphatic carbocycles. The van der Waals surface area contributed by atoms with Gasteiger partial charge in [-0.2, -0.15) is 0 Å². The second kappa shape index (κ2) is 12.5. The van der Waals surface area contributed by atoms with Gasteiger partial charge >= 0.3 is 0 Å². The molecule has 3 heterocycles. The fraction of sp³-hybridized carbons (Fsp3) is 0.762. The fourth-order valence-corrected chi connectivity index (χ4v) is 4.73. The lowest BCUT2D eigenvalue weighted by Crippen LogP contribution is -2.46. The molecule has 8 heteroatoms. The van der Waals surface area contributed by atoms with Crippen molar-refractivity contribution in [3.05, 3.63) is 21.9 Å². The summed E-state index contributed by atoms with van der Waals surface area (Å²) in [6.45, 7) is 9.84. The number of thiophene rings is 1. The van der Waals surface area contributed by atoms with Crippen LogP contribution < -0.4 is 10.6 Å². The van der Waals surface area contributed by atoms with Gasteiger partial charge < -0.3 is 24.8 Å². The molecule has 2 aliphatic rings. The Bertz CT molecular complexity index is 613. The van der Waals surface area contributed by atoms with E-state index >= 15 is 0 Å². The zero-order valence-electron chi connectivity index (χ0n) is 17.8. The number of aliphatic imine (C=N–C) groups is 1. The Kier molecular flexibility index (Phi) is 9.69. The van der Waals surface area contributed by atoms with Crippen LogP contribution in [0.5, 0.6) is 0 Å². The number of morpholine rings is 1. The van der Waals surface area contributed by atoms with Crippen molar-refractivity contribution >= 4 is 17.3 Å². The lowest BCUT2D eigenvalue weighted by atomic mass is 10.1. The van der Waals surface area contributed by atoms with E-state index in [1.807, 2.05) is 18.4 Å². The van der Waals surface area contributed by atoms with Gasteiger partial charge in [0.15, 0.2) is 5.96 Å². The van der Waals surface area contributed by atoms with Gasteiger partial charge in [-0.15, -0.1) is 11.3 Å². The van der Waals surface area contributed by atoms with Gasteiger partial charge in [0.25, 0.3) is 0 Å². The standard InChI is InChI=1S/C21H36N4O3S/c1-17-4-5-20(29-17)19(25-9-14-27-15-10-25)16-24-21(22-2)23-8-3-11-28-18-6-12-26-13-7-18/h4-5,18-19H,3,6-16H2,1-2H3,(H2,22,23,24). The van der Waals surface area contributed by atoms with Crippen molar-refractivity contribution in [1.29, 1.82) is 0 Å². The quantitative estimate of drug-likeness (QED) is 0.360. The summed E-state index contributed by atoms with van der Waals surface area (Å²) in [5, 5.41) is 6.94. The van der Waals surface area contributed by atoms with Crippen LogP contribution >= 0.6 is 11.3 Å². The first kappa shape index (κ1) is 22.5. The van der Waals surface area contributed by atoms with E-state index in [-0.39, 0.29) is 0 Å². The summed E-state index contributed by atoms with van der Waals surface area (Å²) in [6.07, 6.45) is 3.36. The normalized spacial score (nSPS) is 20.6. The van der Waals surface area contributed by atoms with Gasteiger partial charge in [-0.25, -0.2) is 0 Å². The summed E-state index contributed by atoms with van der Waals surface area (Å²) in [6, 6.07) is 4.80. The molecule has 0 saturated carbocycles. The van der Waals surface area contributed by atoms with E-state index in [9.17, 15) is 0 Å². The van der Waals surface area contributed by atoms with Crippen molar-refractivity contribution in [2.45, 2.75) is 38.3 Å². The predicted octanol–water partition coefficient (Wildman–Crippen LogP) is 2.18. The minimum atomic E-state index is 0.341. The highest BCUT2D eigenvalue weighted by Gasteiger charge is 2.24. The smallest absolute Gasteiger partial charge is 0.191 e. The van der Waals surface area contributed by atoms with Crippen LogP contribution in [0.25, 0.3) is 0 Å². The Labute approximate surface area is 178 Å². The molecule has 2 N–H and O–H groups in total. The third-order valence-corrected chi connectivity index (χ3v) is 6.50. The molecule has 0 aromatic carbocycles. The first-order valence-corrected chi connectivity index (χ1v) is 11.6. The molecular weight excluding hydrogens is 388 g/mol. The number of aryl methyl sites for hydroxylation is 1. The van der Waals surface area contributed by atoms with Crippen LogP contribution in [0.3, 0.4) is 0 Å². The van der Waals surface area contributed by atoms with Crippen molar-refractivity contribution in [2.75, 3.05) is 66.3 Å². The average Bonchev–Trinajstić information content (AvgIpc) is 3.19. The molecule has 29 heavy (non-hydrogen) atoms. The largest absolute Gasteiger partial charge is 0.381 e. The van der Waals surface area contributed by atoms with Gasteiger partial charge in [0.2, 0.25) is 0 Å². The van der Waals surface area contributed by atoms with E-state index in [4.69, 9.17) is 14.2 Å². The summed E-state index contributed by atoms with van der Waals surface area (Å²) >= 11 is 1.88. The number of nitrogens with zero attached hydrogens (tertiary/aromatic N) is 2. The van der Waals surface area contributed by atoms with Crippen LogP contribution in [0.15, 0.2) is 17.1 Å². The number of guanidine groups is 1. The summed E-state index contributed by atoms with van der Waals surface area (Å²) in [5.41, 5.74) is 0. The molecule has 2 aliphatic heterocycles. The third kappa shape index (κ3) is 7.53. The first-order chi connectivity index (χ1) is 14.3. The number of ether oxygens (including phenoxy) is 3. The van der Waals surface area contributed by atoms with Crippen molar-refractivity contribution in [1.82, 2.24) is 15.5 Å². The molecule has 0 radical (unpaired) electrons. The summed E-state index contributed by atoms with van der Waals surface area (Å²) < 4.78 is 16.9. The number of hydrogen-bond acceptors (Lipinski definition) is 6. The molecule has 0 amide bonds. The Balaban J connectivity index is 1.40. The Morgan fingerprint density at radius 2 is 1.97 bits per heavy atom. The molecule has 7 nitrogen and oxygen atoms in total. The van der Waals surface area contributed by atoms with Crippen LogP contribution in [0, 0.1) is 6.92 Å². The summed E-state index contributed by atoms with van der Waals surface area (Å²) in [7, 11) is 1.83. The molecule has 2 fully saturated rings. The molecule has 1 aromatic rings. The minimum Gasteiger partial charge on any atom is -0.381 e. The van der Waals surface area contributed by atoms with Gasteiger partial charge in [0.05, 0.1) is 25.4 Å². The molecule has 1 aromatic heterocycles. The lowest BCUT2D eigenvalue weighted by Gasteiger charge is -2.34. The number of hydrogen-bond donors (Lipinski definition) is 2. The van der Waals surface area contributed by atoms with Gasteiger partial charge in [0, 0.05) is 62.8 Å². The van der Waals surface area contributed by atoms with Crippen molar-refractivity contribution in [2.24, 2.45) is 4.99 Å². The zero-order chi connectivity index (χ0) is 20.3. The van der Waals surface area contributed by atoms with Crippen LogP contribution in [-0.4, -0.2) is 83.2 Å². The van der Waals surface area contributed by atoms with E-state index in [1.54, 1.807) is 0 Å². The Morgan fingerprint density at radius 1 is 1.21 bits per heavy atom. The maximum atomic E-state index is 5.94. The molecule has 1 unspecified atom stereocenters. The maximum Gasteiger partial charge on any atom is 0.191 e. The van der Waals surface area contributed by atoms with E-state index in [0.29, 0.717) is 12.1 Å². The number of rotatable bonds is 9. The van der Waals surface area contributed by atoms with E-state index < -0.39 is 0 Å². The lowest BCUT2D eigenvalue weighted by molar-refractivity contribution is -0.0320. The van der Waals surface area contributed by atoms with E-state index in [0.717, 1.165) is 84.4 Å². The van der Waals surface area contributed by atoms with Crippen molar-refractivity contribution < 1.29 is 14.2 Å². The molecule has 164 valence electrons. The fourth-order valence-electron chi connectivity index (χ4n) is 3.72. The molecule has 0 bridgehead atoms. The Morgan fingerprint density at radius 3 is 2.66 bits per heavy atom. The van der Waals surface area contributed by atoms with E-state index in [1.165, 1.54) is 9.75 Å². The van der Waals surface area contributed by atoms with Gasteiger partial charge in [-0.3, -0.25) is 9.89 Å². The minimum absolute atomic E-state index is 0.341. The molecule has 0 spiro atoms. The third-order valence-electron chi connectivity index (χ3n) is 5.40. The van der Waals surface area contributed by atoms with Gasteiger partial charge in [0.1, 0.15) is 0 Å². The zero-order valence-corrected chi connectivity index (χ0v) is 18.6. The van der Waals surface area contributed by atoms with Crippen molar-refractivity contribution in [3.8, 4) is 0 Å².